The Labute approximate surface area is 111 Å². The van der Waals surface area contributed by atoms with Crippen LogP contribution in [0.4, 0.5) is 5.69 Å². The SMILES string of the molecule is Nc1cc(Br)ccc1CN(CC1CC1)C1CC1. The lowest BCUT2D eigenvalue weighted by atomic mass is 10.1. The number of nitrogens with zero attached hydrogens (tertiary/aromatic N) is 1. The van der Waals surface area contributed by atoms with E-state index in [4.69, 9.17) is 5.73 Å². The van der Waals surface area contributed by atoms with Crippen molar-refractivity contribution in [1.29, 1.82) is 0 Å². The summed E-state index contributed by atoms with van der Waals surface area (Å²) in [6.07, 6.45) is 5.62. The van der Waals surface area contributed by atoms with Crippen molar-refractivity contribution in [1.82, 2.24) is 4.90 Å². The third-order valence-electron chi connectivity index (χ3n) is 3.73. The number of benzene rings is 1. The molecule has 1 aromatic carbocycles. The van der Waals surface area contributed by atoms with E-state index in [0.717, 1.165) is 28.7 Å². The van der Waals surface area contributed by atoms with E-state index >= 15 is 0 Å². The molecule has 0 atom stereocenters. The zero-order chi connectivity index (χ0) is 11.8. The molecule has 0 bridgehead atoms. The van der Waals surface area contributed by atoms with Crippen molar-refractivity contribution in [3.05, 3.63) is 28.2 Å². The average molecular weight is 295 g/mol. The van der Waals surface area contributed by atoms with Gasteiger partial charge in [-0.25, -0.2) is 0 Å². The van der Waals surface area contributed by atoms with Gasteiger partial charge in [0.1, 0.15) is 0 Å². The predicted octanol–water partition coefficient (Wildman–Crippen LogP) is 3.41. The van der Waals surface area contributed by atoms with Crippen LogP contribution < -0.4 is 5.73 Å². The topological polar surface area (TPSA) is 29.3 Å². The van der Waals surface area contributed by atoms with E-state index in [1.54, 1.807) is 0 Å². The van der Waals surface area contributed by atoms with Crippen molar-refractivity contribution < 1.29 is 0 Å². The van der Waals surface area contributed by atoms with Crippen molar-refractivity contribution in [3.8, 4) is 0 Å². The van der Waals surface area contributed by atoms with Crippen LogP contribution in [0.2, 0.25) is 0 Å². The molecule has 2 nitrogen and oxygen atoms in total. The number of anilines is 1. The molecular formula is C14H19BrN2. The molecule has 2 fully saturated rings. The highest BCUT2D eigenvalue weighted by molar-refractivity contribution is 9.10. The maximum Gasteiger partial charge on any atom is 0.0371 e. The highest BCUT2D eigenvalue weighted by Crippen LogP contribution is 2.36. The van der Waals surface area contributed by atoms with Gasteiger partial charge in [-0.05, 0) is 49.3 Å². The van der Waals surface area contributed by atoms with Crippen LogP contribution in [0.3, 0.4) is 0 Å². The van der Waals surface area contributed by atoms with Crippen LogP contribution in [0.5, 0.6) is 0 Å². The fourth-order valence-corrected chi connectivity index (χ4v) is 2.72. The molecule has 0 amide bonds. The molecule has 17 heavy (non-hydrogen) atoms. The van der Waals surface area contributed by atoms with Crippen molar-refractivity contribution in [2.75, 3.05) is 12.3 Å². The molecule has 2 saturated carbocycles. The summed E-state index contributed by atoms with van der Waals surface area (Å²) in [6, 6.07) is 7.09. The van der Waals surface area contributed by atoms with Gasteiger partial charge in [0.25, 0.3) is 0 Å². The Balaban J connectivity index is 1.69. The van der Waals surface area contributed by atoms with Crippen molar-refractivity contribution in [3.63, 3.8) is 0 Å². The first-order valence-corrected chi connectivity index (χ1v) is 7.29. The van der Waals surface area contributed by atoms with Crippen LogP contribution in [-0.4, -0.2) is 17.5 Å². The third-order valence-corrected chi connectivity index (χ3v) is 4.23. The van der Waals surface area contributed by atoms with E-state index in [9.17, 15) is 0 Å². The van der Waals surface area contributed by atoms with E-state index in [2.05, 4.69) is 33.0 Å². The third kappa shape index (κ3) is 3.02. The number of nitrogen functional groups attached to an aromatic ring is 1. The highest BCUT2D eigenvalue weighted by atomic mass is 79.9. The zero-order valence-electron chi connectivity index (χ0n) is 10.0. The van der Waals surface area contributed by atoms with Crippen molar-refractivity contribution in [2.24, 2.45) is 5.92 Å². The molecule has 1 aromatic rings. The van der Waals surface area contributed by atoms with Gasteiger partial charge in [0, 0.05) is 29.3 Å². The molecule has 2 aliphatic rings. The molecule has 3 heteroatoms. The summed E-state index contributed by atoms with van der Waals surface area (Å²) in [7, 11) is 0. The Morgan fingerprint density at radius 2 is 2.00 bits per heavy atom. The maximum atomic E-state index is 6.08. The van der Waals surface area contributed by atoms with Gasteiger partial charge in [-0.3, -0.25) is 4.90 Å². The number of hydrogen-bond donors (Lipinski definition) is 1. The zero-order valence-corrected chi connectivity index (χ0v) is 11.6. The minimum absolute atomic E-state index is 0.832. The predicted molar refractivity (Wildman–Crippen MR) is 74.7 cm³/mol. The molecule has 92 valence electrons. The number of hydrogen-bond acceptors (Lipinski definition) is 2. The number of halogens is 1. The second-order valence-corrected chi connectivity index (χ2v) is 6.36. The molecule has 2 N–H and O–H groups in total. The van der Waals surface area contributed by atoms with Gasteiger partial charge in [-0.15, -0.1) is 0 Å². The molecule has 0 radical (unpaired) electrons. The fraction of sp³-hybridized carbons (Fsp3) is 0.571. The van der Waals surface area contributed by atoms with E-state index in [0.29, 0.717) is 0 Å². The Morgan fingerprint density at radius 3 is 2.59 bits per heavy atom. The summed E-state index contributed by atoms with van der Waals surface area (Å²) in [4.78, 5) is 2.64. The second-order valence-electron chi connectivity index (χ2n) is 5.45. The summed E-state index contributed by atoms with van der Waals surface area (Å²) in [5, 5.41) is 0. The Hall–Kier alpha value is -0.540. The molecule has 0 aromatic heterocycles. The normalized spacial score (nSPS) is 19.9. The molecule has 0 spiro atoms. The van der Waals surface area contributed by atoms with Gasteiger partial charge in [-0.1, -0.05) is 22.0 Å². The van der Waals surface area contributed by atoms with Gasteiger partial charge >= 0.3 is 0 Å². The minimum Gasteiger partial charge on any atom is -0.398 e. The largest absolute Gasteiger partial charge is 0.398 e. The molecule has 0 saturated heterocycles. The van der Waals surface area contributed by atoms with Gasteiger partial charge in [0.2, 0.25) is 0 Å². The molecular weight excluding hydrogens is 276 g/mol. The van der Waals surface area contributed by atoms with Crippen LogP contribution in [0, 0.1) is 5.92 Å². The van der Waals surface area contributed by atoms with Gasteiger partial charge in [0.05, 0.1) is 0 Å². The molecule has 3 rings (SSSR count). The summed E-state index contributed by atoms with van der Waals surface area (Å²) >= 11 is 3.46. The first-order valence-electron chi connectivity index (χ1n) is 6.50. The van der Waals surface area contributed by atoms with E-state index in [1.165, 1.54) is 37.8 Å². The lowest BCUT2D eigenvalue weighted by molar-refractivity contribution is 0.244. The van der Waals surface area contributed by atoms with Gasteiger partial charge in [-0.2, -0.15) is 0 Å². The Morgan fingerprint density at radius 1 is 1.24 bits per heavy atom. The lowest BCUT2D eigenvalue weighted by Gasteiger charge is -2.22. The standard InChI is InChI=1S/C14H19BrN2/c15-12-4-3-11(14(16)7-12)9-17(13-5-6-13)8-10-1-2-10/h3-4,7,10,13H,1-2,5-6,8-9,16H2. The minimum atomic E-state index is 0.832. The quantitative estimate of drug-likeness (QED) is 0.844. The number of rotatable bonds is 5. The van der Waals surface area contributed by atoms with Crippen LogP contribution in [-0.2, 0) is 6.54 Å². The van der Waals surface area contributed by atoms with Crippen molar-refractivity contribution >= 4 is 21.6 Å². The van der Waals surface area contributed by atoms with Gasteiger partial charge in [0.15, 0.2) is 0 Å². The van der Waals surface area contributed by atoms with E-state index < -0.39 is 0 Å². The smallest absolute Gasteiger partial charge is 0.0371 e. The average Bonchev–Trinajstić information content (AvgIpc) is 3.14. The molecule has 0 heterocycles. The van der Waals surface area contributed by atoms with Crippen LogP contribution >= 0.6 is 15.9 Å². The van der Waals surface area contributed by atoms with Crippen LogP contribution in [0.1, 0.15) is 31.2 Å². The summed E-state index contributed by atoms with van der Waals surface area (Å²) < 4.78 is 1.07. The Kier molecular flexibility index (Phi) is 3.14. The van der Waals surface area contributed by atoms with Crippen LogP contribution in [0.15, 0.2) is 22.7 Å². The first-order chi connectivity index (χ1) is 8.22. The van der Waals surface area contributed by atoms with Crippen molar-refractivity contribution in [2.45, 2.75) is 38.3 Å². The summed E-state index contributed by atoms with van der Waals surface area (Å²) in [5.41, 5.74) is 8.28. The lowest BCUT2D eigenvalue weighted by Crippen LogP contribution is -2.28. The molecule has 0 aliphatic heterocycles. The van der Waals surface area contributed by atoms with E-state index in [1.807, 2.05) is 6.07 Å². The van der Waals surface area contributed by atoms with Gasteiger partial charge < -0.3 is 5.73 Å². The second kappa shape index (κ2) is 4.62. The first kappa shape index (κ1) is 11.5. The highest BCUT2D eigenvalue weighted by Gasteiger charge is 2.33. The Bertz CT molecular complexity index is 411. The molecule has 0 unspecified atom stereocenters. The summed E-state index contributed by atoms with van der Waals surface area (Å²) in [5.74, 6) is 0.965. The monoisotopic (exact) mass is 294 g/mol. The van der Waals surface area contributed by atoms with Crippen LogP contribution in [0.25, 0.3) is 0 Å². The molecule has 2 aliphatic carbocycles. The number of nitrogens with two attached hydrogens (primary N) is 1. The fourth-order valence-electron chi connectivity index (χ4n) is 2.34. The van der Waals surface area contributed by atoms with E-state index in [-0.39, 0.29) is 0 Å². The summed E-state index contributed by atoms with van der Waals surface area (Å²) in [6.45, 7) is 2.31. The maximum absolute atomic E-state index is 6.08.